The molecule has 142 valence electrons. The molecule has 0 saturated heterocycles. The average molecular weight is 373 g/mol. The minimum absolute atomic E-state index is 0.184. The van der Waals surface area contributed by atoms with Gasteiger partial charge in [0.2, 0.25) is 0 Å². The normalized spacial score (nSPS) is 12.3. The van der Waals surface area contributed by atoms with Gasteiger partial charge in [-0.15, -0.1) is 0 Å². The van der Waals surface area contributed by atoms with Gasteiger partial charge in [-0.25, -0.2) is 9.67 Å². The Morgan fingerprint density at radius 3 is 2.61 bits per heavy atom. The van der Waals surface area contributed by atoms with Gasteiger partial charge >= 0.3 is 0 Å². The molecular weight excluding hydrogens is 350 g/mol. The summed E-state index contributed by atoms with van der Waals surface area (Å²) in [4.78, 5) is 17.2. The Balaban J connectivity index is 1.58. The highest BCUT2D eigenvalue weighted by atomic mass is 16.2. The predicted octanol–water partition coefficient (Wildman–Crippen LogP) is 3.94. The number of imidazole rings is 1. The van der Waals surface area contributed by atoms with Crippen molar-refractivity contribution < 1.29 is 4.79 Å². The third-order valence-electron chi connectivity index (χ3n) is 5.13. The molecule has 4 aromatic rings. The zero-order valence-corrected chi connectivity index (χ0v) is 16.5. The first-order valence-corrected chi connectivity index (χ1v) is 9.32. The summed E-state index contributed by atoms with van der Waals surface area (Å²) in [6, 6.07) is 13.7. The van der Waals surface area contributed by atoms with E-state index >= 15 is 0 Å². The number of aryl methyl sites for hydroxylation is 2. The molecule has 28 heavy (non-hydrogen) atoms. The number of carbonyl (C=O) groups is 1. The molecule has 1 unspecified atom stereocenters. The second-order valence-corrected chi connectivity index (χ2v) is 7.10. The van der Waals surface area contributed by atoms with E-state index in [4.69, 9.17) is 0 Å². The highest BCUT2D eigenvalue weighted by Crippen LogP contribution is 2.22. The number of nitrogens with one attached hydrogen (secondary N) is 1. The number of hydrogen-bond donors (Lipinski definition) is 1. The van der Waals surface area contributed by atoms with E-state index in [1.165, 1.54) is 0 Å². The van der Waals surface area contributed by atoms with Crippen molar-refractivity contribution in [1.29, 1.82) is 0 Å². The number of pyridine rings is 1. The molecule has 0 saturated carbocycles. The molecule has 0 aliphatic carbocycles. The molecule has 1 aromatic carbocycles. The van der Waals surface area contributed by atoms with Crippen molar-refractivity contribution in [3.05, 3.63) is 83.1 Å². The van der Waals surface area contributed by atoms with E-state index < -0.39 is 0 Å². The van der Waals surface area contributed by atoms with E-state index in [1.54, 1.807) is 6.20 Å². The van der Waals surface area contributed by atoms with E-state index in [2.05, 4.69) is 28.4 Å². The lowest BCUT2D eigenvalue weighted by Gasteiger charge is -2.14. The van der Waals surface area contributed by atoms with Crippen molar-refractivity contribution in [2.75, 3.05) is 0 Å². The smallest absolute Gasteiger partial charge is 0.271 e. The summed E-state index contributed by atoms with van der Waals surface area (Å²) in [5, 5.41) is 7.58. The van der Waals surface area contributed by atoms with E-state index in [-0.39, 0.29) is 11.9 Å². The number of aromatic nitrogens is 4. The van der Waals surface area contributed by atoms with E-state index in [1.807, 2.05) is 72.4 Å². The quantitative estimate of drug-likeness (QED) is 0.589. The summed E-state index contributed by atoms with van der Waals surface area (Å²) in [5.41, 5.74) is 6.39. The fourth-order valence-electron chi connectivity index (χ4n) is 3.50. The van der Waals surface area contributed by atoms with Crippen LogP contribution in [0.15, 0.2) is 54.9 Å². The van der Waals surface area contributed by atoms with Gasteiger partial charge in [-0.3, -0.25) is 4.79 Å². The van der Waals surface area contributed by atoms with Crippen LogP contribution in [0.1, 0.15) is 46.0 Å². The van der Waals surface area contributed by atoms with Crippen LogP contribution in [0, 0.1) is 20.8 Å². The first kappa shape index (κ1) is 18.0. The number of para-hydroxylation sites is 1. The van der Waals surface area contributed by atoms with Crippen LogP contribution in [0.25, 0.3) is 11.3 Å². The molecule has 4 rings (SSSR count). The summed E-state index contributed by atoms with van der Waals surface area (Å²) in [5.74, 6) is -0.196. The highest BCUT2D eigenvalue weighted by molar-refractivity contribution is 5.93. The van der Waals surface area contributed by atoms with Crippen molar-refractivity contribution in [3.8, 4) is 5.69 Å². The zero-order valence-electron chi connectivity index (χ0n) is 16.5. The van der Waals surface area contributed by atoms with Gasteiger partial charge in [0.15, 0.2) is 0 Å². The summed E-state index contributed by atoms with van der Waals surface area (Å²) < 4.78 is 3.84. The fraction of sp³-hybridized carbons (Fsp3) is 0.227. The molecule has 1 atom stereocenters. The molecule has 0 aliphatic heterocycles. The standard InChI is InChI=1S/C22H23N5O/c1-14-8-5-6-10-20(14)27-17(4)18(12-23-27)16(3)24-22(28)19-13-26-15(2)9-7-11-21(26)25-19/h5-13,16H,1-4H3,(H,24,28). The number of amides is 1. The van der Waals surface area contributed by atoms with Crippen LogP contribution in [-0.2, 0) is 0 Å². The van der Waals surface area contributed by atoms with Crippen LogP contribution in [0.5, 0.6) is 0 Å². The largest absolute Gasteiger partial charge is 0.344 e. The lowest BCUT2D eigenvalue weighted by atomic mass is 10.1. The Kier molecular flexibility index (Phi) is 4.47. The van der Waals surface area contributed by atoms with Gasteiger partial charge in [0.05, 0.1) is 17.9 Å². The number of nitrogens with zero attached hydrogens (tertiary/aromatic N) is 4. The average Bonchev–Trinajstić information content (AvgIpc) is 3.27. The number of fused-ring (bicyclic) bond motifs is 1. The lowest BCUT2D eigenvalue weighted by Crippen LogP contribution is -2.27. The zero-order chi connectivity index (χ0) is 19.8. The predicted molar refractivity (Wildman–Crippen MR) is 109 cm³/mol. The molecule has 0 radical (unpaired) electrons. The molecule has 0 fully saturated rings. The third kappa shape index (κ3) is 3.07. The maximum atomic E-state index is 12.7. The SMILES string of the molecule is Cc1ccccc1-n1ncc(C(C)NC(=O)c2cn3c(C)cccc3n2)c1C. The summed E-state index contributed by atoms with van der Waals surface area (Å²) in [6.07, 6.45) is 3.59. The van der Waals surface area contributed by atoms with Crippen molar-refractivity contribution in [2.24, 2.45) is 0 Å². The van der Waals surface area contributed by atoms with Crippen LogP contribution in [0.3, 0.4) is 0 Å². The number of rotatable bonds is 4. The number of carbonyl (C=O) groups excluding carboxylic acids is 1. The van der Waals surface area contributed by atoms with E-state index in [0.29, 0.717) is 5.69 Å². The molecule has 1 amide bonds. The van der Waals surface area contributed by atoms with Crippen LogP contribution >= 0.6 is 0 Å². The summed E-state index contributed by atoms with van der Waals surface area (Å²) in [7, 11) is 0. The Hall–Kier alpha value is -3.41. The Morgan fingerprint density at radius 2 is 1.86 bits per heavy atom. The van der Waals surface area contributed by atoms with Gasteiger partial charge in [-0.05, 0) is 51.5 Å². The van der Waals surface area contributed by atoms with Crippen LogP contribution in [-0.4, -0.2) is 25.1 Å². The van der Waals surface area contributed by atoms with E-state index in [9.17, 15) is 4.79 Å². The number of benzene rings is 1. The molecule has 0 aliphatic rings. The molecule has 6 nitrogen and oxygen atoms in total. The Labute approximate surface area is 163 Å². The molecule has 0 spiro atoms. The molecule has 3 aromatic heterocycles. The second-order valence-electron chi connectivity index (χ2n) is 7.10. The molecular formula is C22H23N5O. The molecule has 6 heteroatoms. The van der Waals surface area contributed by atoms with Crippen LogP contribution < -0.4 is 5.32 Å². The van der Waals surface area contributed by atoms with Crippen molar-refractivity contribution in [3.63, 3.8) is 0 Å². The Bertz CT molecular complexity index is 1170. The maximum absolute atomic E-state index is 12.7. The Morgan fingerprint density at radius 1 is 1.07 bits per heavy atom. The number of hydrogen-bond acceptors (Lipinski definition) is 3. The van der Waals surface area contributed by atoms with Crippen molar-refractivity contribution >= 4 is 11.6 Å². The summed E-state index contributed by atoms with van der Waals surface area (Å²) >= 11 is 0. The second kappa shape index (κ2) is 6.96. The first-order chi connectivity index (χ1) is 13.5. The molecule has 1 N–H and O–H groups in total. The van der Waals surface area contributed by atoms with Crippen molar-refractivity contribution in [1.82, 2.24) is 24.5 Å². The topological polar surface area (TPSA) is 64.2 Å². The monoisotopic (exact) mass is 373 g/mol. The van der Waals surface area contributed by atoms with Gasteiger partial charge in [0.25, 0.3) is 5.91 Å². The van der Waals surface area contributed by atoms with Gasteiger partial charge in [0.1, 0.15) is 11.3 Å². The minimum Gasteiger partial charge on any atom is -0.344 e. The maximum Gasteiger partial charge on any atom is 0.271 e. The lowest BCUT2D eigenvalue weighted by molar-refractivity contribution is 0.0935. The molecule has 0 bridgehead atoms. The van der Waals surface area contributed by atoms with Crippen LogP contribution in [0.4, 0.5) is 0 Å². The third-order valence-corrected chi connectivity index (χ3v) is 5.13. The van der Waals surface area contributed by atoms with Gasteiger partial charge in [-0.1, -0.05) is 24.3 Å². The van der Waals surface area contributed by atoms with Gasteiger partial charge in [-0.2, -0.15) is 5.10 Å². The highest BCUT2D eigenvalue weighted by Gasteiger charge is 2.19. The first-order valence-electron chi connectivity index (χ1n) is 9.32. The van der Waals surface area contributed by atoms with Gasteiger partial charge < -0.3 is 9.72 Å². The van der Waals surface area contributed by atoms with Gasteiger partial charge in [0, 0.05) is 23.1 Å². The van der Waals surface area contributed by atoms with E-state index in [0.717, 1.165) is 33.8 Å². The van der Waals surface area contributed by atoms with Crippen molar-refractivity contribution in [2.45, 2.75) is 33.7 Å². The van der Waals surface area contributed by atoms with Crippen LogP contribution in [0.2, 0.25) is 0 Å². The molecule has 3 heterocycles. The fourth-order valence-corrected chi connectivity index (χ4v) is 3.50. The summed E-state index contributed by atoms with van der Waals surface area (Å²) in [6.45, 7) is 8.03. The minimum atomic E-state index is -0.196.